The minimum Gasteiger partial charge on any atom is -0.455 e. The first-order chi connectivity index (χ1) is 27.8. The molecular weight excluding hydrogens is 687 g/mol. The van der Waals surface area contributed by atoms with Crippen LogP contribution >= 0.6 is 0 Å². The summed E-state index contributed by atoms with van der Waals surface area (Å²) in [6.45, 7) is 0. The van der Waals surface area contributed by atoms with Crippen molar-refractivity contribution in [3.8, 4) is 39.8 Å². The fourth-order valence-corrected chi connectivity index (χ4v) is 8.74. The molecule has 0 bridgehead atoms. The third kappa shape index (κ3) is 4.44. The van der Waals surface area contributed by atoms with Gasteiger partial charge >= 0.3 is 0 Å². The summed E-state index contributed by atoms with van der Waals surface area (Å²) in [5, 5.41) is 16.4. The second-order valence-electron chi connectivity index (χ2n) is 14.3. The molecule has 262 valence electrons. The zero-order valence-electron chi connectivity index (χ0n) is 30.0. The maximum absolute atomic E-state index is 6.58. The lowest BCUT2D eigenvalue weighted by molar-refractivity contribution is 0.673. The predicted molar refractivity (Wildman–Crippen MR) is 228 cm³/mol. The Morgan fingerprint density at radius 1 is 0.339 bits per heavy atom. The zero-order chi connectivity index (χ0) is 36.7. The smallest absolute Gasteiger partial charge is 0.168 e. The molecule has 0 aliphatic rings. The Labute approximate surface area is 320 Å². The highest BCUT2D eigenvalue weighted by Gasteiger charge is 2.21. The Hall–Kier alpha value is -7.70. The van der Waals surface area contributed by atoms with Crippen molar-refractivity contribution in [2.75, 3.05) is 0 Å². The Balaban J connectivity index is 1.07. The van der Waals surface area contributed by atoms with Crippen molar-refractivity contribution in [3.63, 3.8) is 0 Å². The Morgan fingerprint density at radius 2 is 0.875 bits per heavy atom. The van der Waals surface area contributed by atoms with Gasteiger partial charge in [-0.15, -0.1) is 10.2 Å². The number of rotatable bonds is 5. The van der Waals surface area contributed by atoms with E-state index >= 15 is 0 Å². The van der Waals surface area contributed by atoms with Crippen molar-refractivity contribution in [1.82, 2.24) is 23.9 Å². The maximum Gasteiger partial charge on any atom is 0.168 e. The summed E-state index contributed by atoms with van der Waals surface area (Å²) in [7, 11) is 0. The van der Waals surface area contributed by atoms with Gasteiger partial charge in [0.05, 0.1) is 33.1 Å². The molecule has 12 rings (SSSR count). The topological polar surface area (TPSA) is 53.7 Å². The summed E-state index contributed by atoms with van der Waals surface area (Å²) in [5.74, 6) is 1.60. The first-order valence-corrected chi connectivity index (χ1v) is 18.8. The van der Waals surface area contributed by atoms with Gasteiger partial charge < -0.3 is 13.6 Å². The number of fused-ring (bicyclic) bond motifs is 10. The van der Waals surface area contributed by atoms with E-state index in [0.717, 1.165) is 94.6 Å². The van der Waals surface area contributed by atoms with E-state index in [4.69, 9.17) is 14.6 Å². The molecule has 6 nitrogen and oxygen atoms in total. The largest absolute Gasteiger partial charge is 0.455 e. The molecule has 0 aliphatic carbocycles. The molecule has 0 saturated carbocycles. The van der Waals surface area contributed by atoms with Gasteiger partial charge in [0.25, 0.3) is 0 Å². The summed E-state index contributed by atoms with van der Waals surface area (Å²) in [6, 6.07) is 66.2. The van der Waals surface area contributed by atoms with Gasteiger partial charge in [0.1, 0.15) is 11.2 Å². The molecule has 0 atom stereocenters. The van der Waals surface area contributed by atoms with Crippen LogP contribution in [-0.2, 0) is 0 Å². The average molecular weight is 718 g/mol. The first kappa shape index (κ1) is 30.7. The van der Waals surface area contributed by atoms with E-state index in [9.17, 15) is 0 Å². The SMILES string of the molecule is c1ccc(-c2nnc(-c3ccccc3)n2-c2ccc3c(c2)c2ccccc2n3-c2cccc(-n3c4ccccc4c4c5oc6ccccc6c5ccc43)c2)cc1. The van der Waals surface area contributed by atoms with E-state index in [1.165, 1.54) is 10.8 Å². The van der Waals surface area contributed by atoms with Gasteiger partial charge in [0.2, 0.25) is 0 Å². The quantitative estimate of drug-likeness (QED) is 0.178. The van der Waals surface area contributed by atoms with E-state index in [2.05, 4.69) is 159 Å². The second kappa shape index (κ2) is 11.9. The molecule has 0 fully saturated rings. The summed E-state index contributed by atoms with van der Waals surface area (Å²) < 4.78 is 13.5. The lowest BCUT2D eigenvalue weighted by atomic mass is 10.1. The summed E-state index contributed by atoms with van der Waals surface area (Å²) in [4.78, 5) is 0. The van der Waals surface area contributed by atoms with E-state index in [0.29, 0.717) is 0 Å². The van der Waals surface area contributed by atoms with Crippen LogP contribution in [-0.4, -0.2) is 23.9 Å². The van der Waals surface area contributed by atoms with Gasteiger partial charge in [-0.1, -0.05) is 121 Å². The minimum atomic E-state index is 0.798. The predicted octanol–water partition coefficient (Wildman–Crippen LogP) is 12.7. The summed E-state index contributed by atoms with van der Waals surface area (Å²) in [6.07, 6.45) is 0. The molecule has 0 saturated heterocycles. The van der Waals surface area contributed by atoms with Crippen LogP contribution in [0, 0.1) is 0 Å². The molecule has 4 heterocycles. The van der Waals surface area contributed by atoms with Crippen LogP contribution in [0.15, 0.2) is 192 Å². The zero-order valence-corrected chi connectivity index (χ0v) is 30.0. The number of benzene rings is 8. The standard InChI is InChI=1S/C50H31N5O/c1-3-14-32(15-4-1)49-51-52-50(33-16-5-2-6-17-33)55(49)36-26-28-44-41(31-36)37-20-7-10-23-42(37)53(44)34-18-13-19-35(30-34)54-43-24-11-8-22-40(43)47-45(54)29-27-39-38-21-9-12-25-46(38)56-48(39)47/h1-31H. The first-order valence-electron chi connectivity index (χ1n) is 18.8. The molecule has 0 amide bonds. The van der Waals surface area contributed by atoms with Crippen molar-refractivity contribution in [2.45, 2.75) is 0 Å². The van der Waals surface area contributed by atoms with Crippen LogP contribution < -0.4 is 0 Å². The summed E-state index contributed by atoms with van der Waals surface area (Å²) in [5.41, 5.74) is 11.5. The Kier molecular flexibility index (Phi) is 6.53. The molecule has 0 unspecified atom stereocenters. The van der Waals surface area contributed by atoms with Crippen LogP contribution in [0.1, 0.15) is 0 Å². The molecule has 4 aromatic heterocycles. The van der Waals surface area contributed by atoms with Crippen molar-refractivity contribution in [3.05, 3.63) is 188 Å². The highest BCUT2D eigenvalue weighted by molar-refractivity contribution is 6.23. The van der Waals surface area contributed by atoms with Gasteiger partial charge in [-0.05, 0) is 66.7 Å². The highest BCUT2D eigenvalue weighted by Crippen LogP contribution is 2.41. The fraction of sp³-hybridized carbons (Fsp3) is 0. The molecule has 6 heteroatoms. The van der Waals surface area contributed by atoms with E-state index < -0.39 is 0 Å². The minimum absolute atomic E-state index is 0.798. The fourth-order valence-electron chi connectivity index (χ4n) is 8.74. The van der Waals surface area contributed by atoms with Crippen molar-refractivity contribution in [2.24, 2.45) is 0 Å². The monoisotopic (exact) mass is 717 g/mol. The third-order valence-electron chi connectivity index (χ3n) is 11.2. The molecule has 0 N–H and O–H groups in total. The van der Waals surface area contributed by atoms with Gasteiger partial charge in [-0.25, -0.2) is 0 Å². The van der Waals surface area contributed by atoms with Crippen LogP contribution in [0.3, 0.4) is 0 Å². The number of hydrogen-bond donors (Lipinski definition) is 0. The van der Waals surface area contributed by atoms with Crippen LogP contribution in [0.4, 0.5) is 0 Å². The van der Waals surface area contributed by atoms with E-state index in [1.54, 1.807) is 0 Å². The van der Waals surface area contributed by atoms with E-state index in [-0.39, 0.29) is 0 Å². The van der Waals surface area contributed by atoms with Gasteiger partial charge in [0.15, 0.2) is 11.6 Å². The molecule has 12 aromatic rings. The summed E-state index contributed by atoms with van der Waals surface area (Å²) >= 11 is 0. The average Bonchev–Trinajstić information content (AvgIpc) is 4.03. The van der Waals surface area contributed by atoms with Crippen molar-refractivity contribution in [1.29, 1.82) is 0 Å². The Morgan fingerprint density at radius 3 is 1.59 bits per heavy atom. The molecule has 56 heavy (non-hydrogen) atoms. The number of para-hydroxylation sites is 3. The molecule has 0 radical (unpaired) electrons. The lowest BCUT2D eigenvalue weighted by Crippen LogP contribution is -2.01. The van der Waals surface area contributed by atoms with Crippen molar-refractivity contribution >= 4 is 65.6 Å². The van der Waals surface area contributed by atoms with Crippen molar-refractivity contribution < 1.29 is 4.42 Å². The Bertz CT molecular complexity index is 3420. The molecular formula is C50H31N5O. The maximum atomic E-state index is 6.58. The highest BCUT2D eigenvalue weighted by atomic mass is 16.3. The molecule has 0 spiro atoms. The molecule has 8 aromatic carbocycles. The second-order valence-corrected chi connectivity index (χ2v) is 14.3. The van der Waals surface area contributed by atoms with Gasteiger partial charge in [0, 0.05) is 49.4 Å². The van der Waals surface area contributed by atoms with Crippen LogP contribution in [0.5, 0.6) is 0 Å². The number of furan rings is 1. The van der Waals surface area contributed by atoms with Crippen LogP contribution in [0.2, 0.25) is 0 Å². The van der Waals surface area contributed by atoms with Gasteiger partial charge in [-0.2, -0.15) is 0 Å². The normalized spacial score (nSPS) is 11.9. The number of nitrogens with zero attached hydrogens (tertiary/aromatic N) is 5. The van der Waals surface area contributed by atoms with Gasteiger partial charge in [-0.3, -0.25) is 4.57 Å². The van der Waals surface area contributed by atoms with Crippen LogP contribution in [0.25, 0.3) is 105 Å². The third-order valence-corrected chi connectivity index (χ3v) is 11.2. The lowest BCUT2D eigenvalue weighted by Gasteiger charge is -2.14. The number of hydrogen-bond acceptors (Lipinski definition) is 3. The number of aromatic nitrogens is 5. The van der Waals surface area contributed by atoms with E-state index in [1.807, 2.05) is 42.5 Å². The molecule has 0 aliphatic heterocycles.